The van der Waals surface area contributed by atoms with Gasteiger partial charge < -0.3 is 4.74 Å². The third-order valence-corrected chi connectivity index (χ3v) is 2.43. The van der Waals surface area contributed by atoms with Gasteiger partial charge in [0.2, 0.25) is 0 Å². The third-order valence-electron chi connectivity index (χ3n) is 2.43. The lowest BCUT2D eigenvalue weighted by molar-refractivity contribution is 0.238. The zero-order valence-corrected chi connectivity index (χ0v) is 10.8. The maximum atomic E-state index is 5.38. The van der Waals surface area contributed by atoms with Crippen molar-refractivity contribution in [2.75, 3.05) is 6.61 Å². The standard InChI is InChI=1S/C14H28O/c1-4-5-6-7-8-9-10-11-12-15-13-14(2)3/h13H,4-12H2,1-3H3. The Bertz CT molecular complexity index is 145. The van der Waals surface area contributed by atoms with Gasteiger partial charge >= 0.3 is 0 Å². The fourth-order valence-corrected chi connectivity index (χ4v) is 1.54. The molecule has 0 aliphatic rings. The molecule has 0 saturated carbocycles. The summed E-state index contributed by atoms with van der Waals surface area (Å²) >= 11 is 0. The minimum Gasteiger partial charge on any atom is -0.501 e. The molecule has 1 nitrogen and oxygen atoms in total. The first-order valence-corrected chi connectivity index (χ1v) is 6.52. The monoisotopic (exact) mass is 212 g/mol. The van der Waals surface area contributed by atoms with E-state index < -0.39 is 0 Å². The van der Waals surface area contributed by atoms with E-state index in [0.717, 1.165) is 6.61 Å². The van der Waals surface area contributed by atoms with Gasteiger partial charge in [0.05, 0.1) is 12.9 Å². The Morgan fingerprint density at radius 3 is 1.93 bits per heavy atom. The minimum absolute atomic E-state index is 0.889. The van der Waals surface area contributed by atoms with Crippen molar-refractivity contribution in [3.8, 4) is 0 Å². The van der Waals surface area contributed by atoms with Crippen LogP contribution in [-0.2, 0) is 4.74 Å². The van der Waals surface area contributed by atoms with Crippen LogP contribution in [0.25, 0.3) is 0 Å². The number of unbranched alkanes of at least 4 members (excludes halogenated alkanes) is 7. The van der Waals surface area contributed by atoms with Crippen LogP contribution in [0.2, 0.25) is 0 Å². The first-order chi connectivity index (χ1) is 7.27. The lowest BCUT2D eigenvalue weighted by Gasteiger charge is -2.02. The summed E-state index contributed by atoms with van der Waals surface area (Å²) < 4.78 is 5.38. The second-order valence-electron chi connectivity index (χ2n) is 4.54. The van der Waals surface area contributed by atoms with E-state index >= 15 is 0 Å². The largest absolute Gasteiger partial charge is 0.501 e. The Hall–Kier alpha value is -0.460. The fraction of sp³-hybridized carbons (Fsp3) is 0.857. The topological polar surface area (TPSA) is 9.23 Å². The highest BCUT2D eigenvalue weighted by Crippen LogP contribution is 2.08. The summed E-state index contributed by atoms with van der Waals surface area (Å²) in [7, 11) is 0. The van der Waals surface area contributed by atoms with Crippen LogP contribution < -0.4 is 0 Å². The molecule has 0 rings (SSSR count). The second kappa shape index (κ2) is 11.6. The lowest BCUT2D eigenvalue weighted by atomic mass is 10.1. The van der Waals surface area contributed by atoms with Crippen LogP contribution in [0.4, 0.5) is 0 Å². The molecule has 90 valence electrons. The molecule has 0 aliphatic carbocycles. The maximum absolute atomic E-state index is 5.38. The number of allylic oxidation sites excluding steroid dienone is 1. The van der Waals surface area contributed by atoms with E-state index in [1.54, 1.807) is 0 Å². The molecule has 0 bridgehead atoms. The number of hydrogen-bond acceptors (Lipinski definition) is 1. The molecule has 0 aromatic heterocycles. The molecule has 0 atom stereocenters. The lowest BCUT2D eigenvalue weighted by Crippen LogP contribution is -1.88. The highest BCUT2D eigenvalue weighted by Gasteiger charge is 1.91. The molecular weight excluding hydrogens is 184 g/mol. The molecule has 0 amide bonds. The molecule has 0 fully saturated rings. The second-order valence-corrected chi connectivity index (χ2v) is 4.54. The number of ether oxygens (including phenoxy) is 1. The molecular formula is C14H28O. The Labute approximate surface area is 95.9 Å². The highest BCUT2D eigenvalue weighted by atomic mass is 16.5. The van der Waals surface area contributed by atoms with Crippen molar-refractivity contribution in [3.63, 3.8) is 0 Å². The molecule has 0 unspecified atom stereocenters. The number of hydrogen-bond donors (Lipinski definition) is 0. The van der Waals surface area contributed by atoms with Crippen molar-refractivity contribution in [1.29, 1.82) is 0 Å². The van der Waals surface area contributed by atoms with Gasteiger partial charge in [-0.15, -0.1) is 0 Å². The van der Waals surface area contributed by atoms with Crippen LogP contribution in [0.1, 0.15) is 72.1 Å². The van der Waals surface area contributed by atoms with Crippen molar-refractivity contribution in [1.82, 2.24) is 0 Å². The van der Waals surface area contributed by atoms with Crippen LogP contribution in [0.5, 0.6) is 0 Å². The van der Waals surface area contributed by atoms with Gasteiger partial charge in [-0.25, -0.2) is 0 Å². The zero-order chi connectivity index (χ0) is 11.4. The van der Waals surface area contributed by atoms with Gasteiger partial charge in [-0.2, -0.15) is 0 Å². The number of rotatable bonds is 10. The van der Waals surface area contributed by atoms with Crippen LogP contribution in [0.3, 0.4) is 0 Å². The Kier molecular flexibility index (Phi) is 11.3. The van der Waals surface area contributed by atoms with Crippen LogP contribution in [-0.4, -0.2) is 6.61 Å². The Balaban J connectivity index is 2.96. The quantitative estimate of drug-likeness (QED) is 0.363. The van der Waals surface area contributed by atoms with Crippen molar-refractivity contribution in [2.24, 2.45) is 0 Å². The van der Waals surface area contributed by atoms with E-state index in [0.29, 0.717) is 0 Å². The van der Waals surface area contributed by atoms with E-state index in [2.05, 4.69) is 20.8 Å². The van der Waals surface area contributed by atoms with Crippen LogP contribution >= 0.6 is 0 Å². The first kappa shape index (κ1) is 14.5. The van der Waals surface area contributed by atoms with Crippen LogP contribution in [0.15, 0.2) is 11.8 Å². The fourth-order valence-electron chi connectivity index (χ4n) is 1.54. The summed E-state index contributed by atoms with van der Waals surface area (Å²) in [5.41, 5.74) is 1.24. The molecule has 1 heteroatoms. The van der Waals surface area contributed by atoms with Crippen molar-refractivity contribution in [3.05, 3.63) is 11.8 Å². The van der Waals surface area contributed by atoms with Gasteiger partial charge in [0, 0.05) is 0 Å². The first-order valence-electron chi connectivity index (χ1n) is 6.52. The molecule has 0 heterocycles. The summed E-state index contributed by atoms with van der Waals surface area (Å²) in [6, 6.07) is 0. The van der Waals surface area contributed by atoms with E-state index in [1.165, 1.54) is 56.9 Å². The van der Waals surface area contributed by atoms with Crippen molar-refractivity contribution in [2.45, 2.75) is 72.1 Å². The third kappa shape index (κ3) is 13.5. The predicted octanol–water partition coefficient (Wildman–Crippen LogP) is 5.07. The van der Waals surface area contributed by atoms with E-state index in [4.69, 9.17) is 4.74 Å². The Morgan fingerprint density at radius 1 is 0.867 bits per heavy atom. The molecule has 0 saturated heterocycles. The summed E-state index contributed by atoms with van der Waals surface area (Å²) in [5.74, 6) is 0. The highest BCUT2D eigenvalue weighted by molar-refractivity contribution is 4.86. The normalized spacial score (nSPS) is 10.1. The van der Waals surface area contributed by atoms with Gasteiger partial charge in [0.25, 0.3) is 0 Å². The summed E-state index contributed by atoms with van der Waals surface area (Å²) in [4.78, 5) is 0. The maximum Gasteiger partial charge on any atom is 0.0873 e. The molecule has 0 radical (unpaired) electrons. The zero-order valence-electron chi connectivity index (χ0n) is 10.8. The average molecular weight is 212 g/mol. The summed E-state index contributed by atoms with van der Waals surface area (Å²) in [5, 5.41) is 0. The Morgan fingerprint density at radius 2 is 1.40 bits per heavy atom. The van der Waals surface area contributed by atoms with Gasteiger partial charge in [-0.1, -0.05) is 51.9 Å². The minimum atomic E-state index is 0.889. The van der Waals surface area contributed by atoms with E-state index in [9.17, 15) is 0 Å². The van der Waals surface area contributed by atoms with Crippen LogP contribution in [0, 0.1) is 0 Å². The SMILES string of the molecule is CCCCCCCCCCOC=C(C)C. The molecule has 15 heavy (non-hydrogen) atoms. The smallest absolute Gasteiger partial charge is 0.0873 e. The molecule has 0 spiro atoms. The van der Waals surface area contributed by atoms with Gasteiger partial charge in [0.1, 0.15) is 0 Å². The molecule has 0 aromatic carbocycles. The van der Waals surface area contributed by atoms with E-state index in [1.807, 2.05) is 6.26 Å². The molecule has 0 aliphatic heterocycles. The van der Waals surface area contributed by atoms with Gasteiger partial charge in [-0.05, 0) is 25.8 Å². The molecule has 0 aromatic rings. The summed E-state index contributed by atoms with van der Waals surface area (Å²) in [6.07, 6.45) is 12.8. The van der Waals surface area contributed by atoms with Gasteiger partial charge in [0.15, 0.2) is 0 Å². The molecule has 0 N–H and O–H groups in total. The van der Waals surface area contributed by atoms with Gasteiger partial charge in [-0.3, -0.25) is 0 Å². The van der Waals surface area contributed by atoms with Crippen molar-refractivity contribution < 1.29 is 4.74 Å². The predicted molar refractivity (Wildman–Crippen MR) is 68.0 cm³/mol. The summed E-state index contributed by atoms with van der Waals surface area (Å²) in [6.45, 7) is 7.28. The van der Waals surface area contributed by atoms with Crippen molar-refractivity contribution >= 4 is 0 Å². The average Bonchev–Trinajstić information content (AvgIpc) is 2.20. The van der Waals surface area contributed by atoms with E-state index in [-0.39, 0.29) is 0 Å².